The van der Waals surface area contributed by atoms with E-state index < -0.39 is 0 Å². The lowest BCUT2D eigenvalue weighted by Crippen LogP contribution is -2.32. The molecule has 1 N–H and O–H groups in total. The summed E-state index contributed by atoms with van der Waals surface area (Å²) < 4.78 is 13.4. The molecule has 0 bridgehead atoms. The molecule has 0 aliphatic heterocycles. The first-order valence-corrected chi connectivity index (χ1v) is 9.24. The fourth-order valence-electron chi connectivity index (χ4n) is 2.93. The normalized spacial score (nSPS) is 11.0. The van der Waals surface area contributed by atoms with Crippen molar-refractivity contribution in [2.45, 2.75) is 13.0 Å². The third-order valence-electron chi connectivity index (χ3n) is 4.41. The summed E-state index contributed by atoms with van der Waals surface area (Å²) in [4.78, 5) is 8.78. The molecule has 0 atom stereocenters. The largest absolute Gasteiger partial charge is 0.497 e. The van der Waals surface area contributed by atoms with Crippen molar-refractivity contribution in [2.75, 3.05) is 7.11 Å². The zero-order chi connectivity index (χ0) is 17.9. The summed E-state index contributed by atoms with van der Waals surface area (Å²) in [6.07, 6.45) is 2.82. The number of imidazole rings is 1. The van der Waals surface area contributed by atoms with Gasteiger partial charge in [-0.3, -0.25) is 4.98 Å². The highest BCUT2D eigenvalue weighted by molar-refractivity contribution is 7.09. The first-order valence-electron chi connectivity index (χ1n) is 8.36. The summed E-state index contributed by atoms with van der Waals surface area (Å²) in [5.41, 5.74) is 5.27. The molecule has 0 saturated heterocycles. The predicted octanol–water partition coefficient (Wildman–Crippen LogP) is 3.63. The monoisotopic (exact) mass is 366 g/mol. The number of hydrogen-bond donors (Lipinski definition) is 1. The summed E-state index contributed by atoms with van der Waals surface area (Å²) in [5, 5.41) is 0. The van der Waals surface area contributed by atoms with E-state index >= 15 is 0 Å². The molecule has 0 aliphatic carbocycles. The second-order valence-corrected chi connectivity index (χ2v) is 7.06. The van der Waals surface area contributed by atoms with Gasteiger partial charge in [-0.25, -0.2) is 9.55 Å². The van der Waals surface area contributed by atoms with Gasteiger partial charge in [0.25, 0.3) is 5.82 Å². The first kappa shape index (κ1) is 16.6. The molecule has 5 nitrogen and oxygen atoms in total. The van der Waals surface area contributed by atoms with Crippen LogP contribution in [0.3, 0.4) is 0 Å². The van der Waals surface area contributed by atoms with E-state index in [1.165, 1.54) is 10.4 Å². The quantitative estimate of drug-likeness (QED) is 0.530. The Morgan fingerprint density at radius 1 is 1.12 bits per heavy atom. The molecular weight excluding hydrogens is 346 g/mol. The van der Waals surface area contributed by atoms with Crippen LogP contribution in [0.2, 0.25) is 0 Å². The van der Waals surface area contributed by atoms with E-state index in [1.54, 1.807) is 18.4 Å². The number of ether oxygens (including phenoxy) is 2. The van der Waals surface area contributed by atoms with Crippen LogP contribution in [0.1, 0.15) is 16.3 Å². The molecule has 2 heterocycles. The van der Waals surface area contributed by atoms with Gasteiger partial charge in [-0.15, -0.1) is 11.3 Å². The second kappa shape index (κ2) is 7.17. The Morgan fingerprint density at radius 3 is 2.65 bits per heavy atom. The average Bonchev–Trinajstić information content (AvgIpc) is 3.29. The van der Waals surface area contributed by atoms with E-state index in [0.717, 1.165) is 34.8 Å². The molecule has 0 radical (unpaired) electrons. The average molecular weight is 366 g/mol. The van der Waals surface area contributed by atoms with Crippen LogP contribution < -0.4 is 14.0 Å². The summed E-state index contributed by atoms with van der Waals surface area (Å²) in [6.45, 7) is 0.474. The Hall–Kier alpha value is -2.86. The van der Waals surface area contributed by atoms with Crippen molar-refractivity contribution in [1.82, 2.24) is 9.97 Å². The number of nitrogens with one attached hydrogen (secondary N) is 1. The molecule has 6 heteroatoms. The van der Waals surface area contributed by atoms with Crippen molar-refractivity contribution in [3.8, 4) is 11.5 Å². The Bertz CT molecular complexity index is 1010. The molecule has 0 saturated carbocycles. The highest BCUT2D eigenvalue weighted by Crippen LogP contribution is 2.20. The minimum Gasteiger partial charge on any atom is -0.497 e. The van der Waals surface area contributed by atoms with Crippen LogP contribution in [0.4, 0.5) is 0 Å². The van der Waals surface area contributed by atoms with Crippen molar-refractivity contribution < 1.29 is 14.0 Å². The molecule has 0 unspecified atom stereocenters. The molecule has 132 valence electrons. The van der Waals surface area contributed by atoms with Crippen molar-refractivity contribution in [2.24, 2.45) is 7.05 Å². The number of aromatic nitrogens is 3. The molecule has 4 aromatic rings. The minimum atomic E-state index is 0.474. The van der Waals surface area contributed by atoms with Crippen molar-refractivity contribution in [1.29, 1.82) is 0 Å². The third-order valence-corrected chi connectivity index (χ3v) is 5.19. The van der Waals surface area contributed by atoms with Crippen LogP contribution in [-0.2, 0) is 20.1 Å². The van der Waals surface area contributed by atoms with Crippen LogP contribution in [0.15, 0.2) is 54.2 Å². The molecular formula is C20H20N3O2S+. The summed E-state index contributed by atoms with van der Waals surface area (Å²) in [7, 11) is 3.70. The third kappa shape index (κ3) is 3.41. The number of hydrogen-bond acceptors (Lipinski definition) is 4. The number of fused-ring (bicyclic) bond motifs is 1. The smallest absolute Gasteiger partial charge is 0.293 e. The Kier molecular flexibility index (Phi) is 4.58. The zero-order valence-electron chi connectivity index (χ0n) is 14.7. The molecule has 26 heavy (non-hydrogen) atoms. The molecule has 0 aliphatic rings. The maximum Gasteiger partial charge on any atom is 0.293 e. The molecule has 0 fully saturated rings. The first-order chi connectivity index (χ1) is 12.7. The Morgan fingerprint density at radius 2 is 1.92 bits per heavy atom. The maximum absolute atomic E-state index is 5.96. The van der Waals surface area contributed by atoms with Crippen molar-refractivity contribution in [3.05, 3.63) is 70.4 Å². The summed E-state index contributed by atoms with van der Waals surface area (Å²) in [6, 6.07) is 14.2. The Balaban J connectivity index is 1.45. The highest BCUT2D eigenvalue weighted by Gasteiger charge is 2.16. The maximum atomic E-state index is 5.96. The standard InChI is InChI=1S/C20H19N3O2S/c1-23-19-10-16(24-2)7-8-18(19)22-20(23)12-25-15-5-3-14(4-6-15)9-17-11-21-13-26-17/h3-8,10-11,13H,9,12H2,1-2H3/p+1. The molecule has 2 aromatic heterocycles. The van der Waals surface area contributed by atoms with Crippen LogP contribution in [0.5, 0.6) is 11.5 Å². The lowest BCUT2D eigenvalue weighted by Gasteiger charge is -2.05. The minimum absolute atomic E-state index is 0.474. The fraction of sp³-hybridized carbons (Fsp3) is 0.200. The van der Waals surface area contributed by atoms with E-state index in [0.29, 0.717) is 6.61 Å². The van der Waals surface area contributed by atoms with Crippen LogP contribution in [0, 0.1) is 0 Å². The topological polar surface area (TPSA) is 51.0 Å². The molecule has 0 amide bonds. The second-order valence-electron chi connectivity index (χ2n) is 6.09. The van der Waals surface area contributed by atoms with Gasteiger partial charge >= 0.3 is 0 Å². The Labute approximate surface area is 155 Å². The molecule has 4 rings (SSSR count). The number of nitrogens with zero attached hydrogens (tertiary/aromatic N) is 2. The van der Waals surface area contributed by atoms with Gasteiger partial charge in [-0.2, -0.15) is 0 Å². The van der Waals surface area contributed by atoms with Crippen LogP contribution >= 0.6 is 11.3 Å². The number of rotatable bonds is 6. The molecule has 2 aromatic carbocycles. The molecule has 0 spiro atoms. The van der Waals surface area contributed by atoms with Gasteiger partial charge in [0.05, 0.1) is 19.7 Å². The van der Waals surface area contributed by atoms with Gasteiger partial charge < -0.3 is 9.47 Å². The van der Waals surface area contributed by atoms with E-state index in [9.17, 15) is 0 Å². The van der Waals surface area contributed by atoms with Gasteiger partial charge in [-0.05, 0) is 29.8 Å². The van der Waals surface area contributed by atoms with Gasteiger partial charge in [0.15, 0.2) is 17.6 Å². The number of benzene rings is 2. The summed E-state index contributed by atoms with van der Waals surface area (Å²) in [5.74, 6) is 2.70. The summed E-state index contributed by atoms with van der Waals surface area (Å²) >= 11 is 1.68. The van der Waals surface area contributed by atoms with Crippen molar-refractivity contribution >= 4 is 22.4 Å². The van der Waals surface area contributed by atoms with Gasteiger partial charge in [0, 0.05) is 23.6 Å². The van der Waals surface area contributed by atoms with E-state index in [4.69, 9.17) is 9.47 Å². The predicted molar refractivity (Wildman–Crippen MR) is 102 cm³/mol. The number of H-pyrrole nitrogens is 1. The SMILES string of the molecule is COc1ccc2[nH]c(COc3ccc(Cc4cncs4)cc3)[n+](C)c2c1. The lowest BCUT2D eigenvalue weighted by atomic mass is 10.1. The van der Waals surface area contributed by atoms with E-state index in [1.807, 2.05) is 49.1 Å². The van der Waals surface area contributed by atoms with Gasteiger partial charge in [0.1, 0.15) is 11.5 Å². The van der Waals surface area contributed by atoms with E-state index in [2.05, 4.69) is 26.7 Å². The number of methoxy groups -OCH3 is 1. The number of aromatic amines is 1. The highest BCUT2D eigenvalue weighted by atomic mass is 32.1. The number of aryl methyl sites for hydroxylation is 1. The van der Waals surface area contributed by atoms with Crippen LogP contribution in [0.25, 0.3) is 11.0 Å². The van der Waals surface area contributed by atoms with Crippen LogP contribution in [-0.4, -0.2) is 17.1 Å². The lowest BCUT2D eigenvalue weighted by molar-refractivity contribution is -0.654. The van der Waals surface area contributed by atoms with Gasteiger partial charge in [-0.1, -0.05) is 12.1 Å². The van der Waals surface area contributed by atoms with Gasteiger partial charge in [0.2, 0.25) is 0 Å². The van der Waals surface area contributed by atoms with Crippen molar-refractivity contribution in [3.63, 3.8) is 0 Å². The number of thiazole rings is 1. The fourth-order valence-corrected chi connectivity index (χ4v) is 3.55. The van der Waals surface area contributed by atoms with E-state index in [-0.39, 0.29) is 0 Å². The zero-order valence-corrected chi connectivity index (χ0v) is 15.5.